The normalized spacial score (nSPS) is 18.5. The molecule has 10 heteroatoms. The van der Waals surface area contributed by atoms with E-state index >= 15 is 0 Å². The van der Waals surface area contributed by atoms with Gasteiger partial charge in [0.1, 0.15) is 0 Å². The summed E-state index contributed by atoms with van der Waals surface area (Å²) in [5.74, 6) is -6.50. The SMILES string of the molecule is CCCCC1=C(OC(C)=O)N(c2ccccc2)N(c2ccccc2)C1(O)OC(=O)C(F)(F)F. The van der Waals surface area contributed by atoms with Crippen molar-refractivity contribution in [2.45, 2.75) is 45.2 Å². The molecule has 3 rings (SSSR count). The molecule has 0 aliphatic carbocycles. The predicted octanol–water partition coefficient (Wildman–Crippen LogP) is 4.64. The molecule has 0 spiro atoms. The van der Waals surface area contributed by atoms with Gasteiger partial charge < -0.3 is 14.6 Å². The molecule has 1 aliphatic heterocycles. The fraction of sp³-hybridized carbons (Fsp3) is 0.304. The van der Waals surface area contributed by atoms with Crippen molar-refractivity contribution in [3.63, 3.8) is 0 Å². The van der Waals surface area contributed by atoms with Crippen LogP contribution in [-0.4, -0.2) is 29.1 Å². The van der Waals surface area contributed by atoms with Crippen molar-refractivity contribution in [1.29, 1.82) is 0 Å². The van der Waals surface area contributed by atoms with E-state index in [1.165, 1.54) is 17.1 Å². The Morgan fingerprint density at radius 1 is 1.00 bits per heavy atom. The molecule has 7 nitrogen and oxygen atoms in total. The molecule has 2 aromatic carbocycles. The van der Waals surface area contributed by atoms with Crippen LogP contribution >= 0.6 is 0 Å². The number of nitrogens with zero attached hydrogens (tertiary/aromatic N) is 2. The second-order valence-corrected chi connectivity index (χ2v) is 7.27. The van der Waals surface area contributed by atoms with Gasteiger partial charge >= 0.3 is 24.0 Å². The summed E-state index contributed by atoms with van der Waals surface area (Å²) in [6.07, 6.45) is -4.35. The van der Waals surface area contributed by atoms with Gasteiger partial charge in [-0.05, 0) is 37.1 Å². The van der Waals surface area contributed by atoms with Crippen molar-refractivity contribution in [2.24, 2.45) is 0 Å². The zero-order valence-corrected chi connectivity index (χ0v) is 18.0. The van der Waals surface area contributed by atoms with Crippen LogP contribution in [0.4, 0.5) is 24.5 Å². The Hall–Kier alpha value is -3.53. The molecule has 176 valence electrons. The van der Waals surface area contributed by atoms with Gasteiger partial charge in [-0.1, -0.05) is 49.7 Å². The Morgan fingerprint density at radius 3 is 2.03 bits per heavy atom. The van der Waals surface area contributed by atoms with Gasteiger partial charge in [0.2, 0.25) is 5.88 Å². The molecular formula is C23H23F3N2O5. The van der Waals surface area contributed by atoms with Crippen LogP contribution in [0.15, 0.2) is 72.1 Å². The van der Waals surface area contributed by atoms with Gasteiger partial charge in [0.15, 0.2) is 0 Å². The third-order valence-electron chi connectivity index (χ3n) is 4.82. The predicted molar refractivity (Wildman–Crippen MR) is 113 cm³/mol. The molecule has 1 N–H and O–H groups in total. The molecule has 1 atom stereocenters. The number of carbonyl (C=O) groups excluding carboxylic acids is 2. The van der Waals surface area contributed by atoms with Crippen LogP contribution < -0.4 is 10.0 Å². The van der Waals surface area contributed by atoms with Gasteiger partial charge in [-0.2, -0.15) is 13.2 Å². The molecule has 1 heterocycles. The maximum atomic E-state index is 13.2. The maximum Gasteiger partial charge on any atom is 0.491 e. The highest BCUT2D eigenvalue weighted by Crippen LogP contribution is 2.46. The minimum Gasteiger partial charge on any atom is -0.407 e. The van der Waals surface area contributed by atoms with E-state index in [1.54, 1.807) is 48.5 Å². The Labute approximate surface area is 188 Å². The van der Waals surface area contributed by atoms with E-state index in [1.807, 2.05) is 6.92 Å². The Kier molecular flexibility index (Phi) is 6.97. The van der Waals surface area contributed by atoms with E-state index in [9.17, 15) is 27.9 Å². The van der Waals surface area contributed by atoms with Gasteiger partial charge in [0, 0.05) is 6.92 Å². The van der Waals surface area contributed by atoms with Gasteiger partial charge in [-0.25, -0.2) is 14.8 Å². The lowest BCUT2D eigenvalue weighted by Crippen LogP contribution is -2.57. The van der Waals surface area contributed by atoms with E-state index in [0.717, 1.165) is 11.9 Å². The molecule has 0 saturated carbocycles. The van der Waals surface area contributed by atoms with E-state index in [-0.39, 0.29) is 23.6 Å². The zero-order chi connectivity index (χ0) is 24.2. The van der Waals surface area contributed by atoms with E-state index < -0.39 is 24.0 Å². The largest absolute Gasteiger partial charge is 0.491 e. The fourth-order valence-electron chi connectivity index (χ4n) is 3.44. The summed E-state index contributed by atoms with van der Waals surface area (Å²) in [6, 6.07) is 16.1. The number of benzene rings is 2. The first kappa shape index (κ1) is 24.1. The van der Waals surface area contributed by atoms with Crippen LogP contribution in [0.3, 0.4) is 0 Å². The van der Waals surface area contributed by atoms with Crippen LogP contribution in [0.25, 0.3) is 0 Å². The molecule has 1 aliphatic rings. The highest BCUT2D eigenvalue weighted by Gasteiger charge is 2.58. The Morgan fingerprint density at radius 2 is 1.55 bits per heavy atom. The molecule has 0 aromatic heterocycles. The van der Waals surface area contributed by atoms with Crippen LogP contribution in [0.1, 0.15) is 33.1 Å². The number of unbranched alkanes of at least 4 members (excludes halogenated alkanes) is 1. The molecule has 0 radical (unpaired) electrons. The first-order valence-corrected chi connectivity index (χ1v) is 10.2. The number of hydrogen-bond acceptors (Lipinski definition) is 7. The number of ether oxygens (including phenoxy) is 2. The standard InChI is InChI=1S/C23H23F3N2O5/c1-3-4-15-19-20(32-16(2)29)27(17-11-7-5-8-12-17)28(18-13-9-6-10-14-18)23(19,31)33-21(30)22(24,25)26/h5-14,31H,3-4,15H2,1-2H3. The Bertz CT molecular complexity index is 1030. The number of esters is 2. The zero-order valence-electron chi connectivity index (χ0n) is 18.0. The van der Waals surface area contributed by atoms with Crippen LogP contribution in [0.2, 0.25) is 0 Å². The van der Waals surface area contributed by atoms with E-state index in [0.29, 0.717) is 18.5 Å². The lowest BCUT2D eigenvalue weighted by atomic mass is 10.1. The van der Waals surface area contributed by atoms with Crippen LogP contribution in [0.5, 0.6) is 0 Å². The summed E-state index contributed by atoms with van der Waals surface area (Å²) in [4.78, 5) is 23.9. The highest BCUT2D eigenvalue weighted by molar-refractivity contribution is 5.79. The minimum atomic E-state index is -5.37. The van der Waals surface area contributed by atoms with Crippen LogP contribution in [-0.2, 0) is 19.1 Å². The molecule has 1 unspecified atom stereocenters. The summed E-state index contributed by atoms with van der Waals surface area (Å²) >= 11 is 0. The first-order valence-electron chi connectivity index (χ1n) is 10.2. The Balaban J connectivity index is 2.29. The monoisotopic (exact) mass is 464 g/mol. The van der Waals surface area contributed by atoms with Gasteiger partial charge in [-0.3, -0.25) is 4.79 Å². The van der Waals surface area contributed by atoms with Crippen molar-refractivity contribution in [3.05, 3.63) is 72.1 Å². The van der Waals surface area contributed by atoms with Gasteiger partial charge in [0.05, 0.1) is 16.9 Å². The maximum absolute atomic E-state index is 13.2. The number of alkyl halides is 3. The number of para-hydroxylation sites is 2. The summed E-state index contributed by atoms with van der Waals surface area (Å²) < 4.78 is 49.7. The smallest absolute Gasteiger partial charge is 0.407 e. The number of aliphatic hydroxyl groups is 1. The number of carbonyl (C=O) groups is 2. The van der Waals surface area contributed by atoms with Gasteiger partial charge in [0.25, 0.3) is 0 Å². The number of hydrogen-bond donors (Lipinski definition) is 1. The minimum absolute atomic E-state index is 0.00653. The summed E-state index contributed by atoms with van der Waals surface area (Å²) in [5, 5.41) is 13.8. The van der Waals surface area contributed by atoms with Crippen molar-refractivity contribution in [2.75, 3.05) is 10.0 Å². The lowest BCUT2D eigenvalue weighted by Gasteiger charge is -2.40. The van der Waals surface area contributed by atoms with Crippen molar-refractivity contribution < 1.29 is 37.3 Å². The quantitative estimate of drug-likeness (QED) is 0.472. The molecule has 2 aromatic rings. The van der Waals surface area contributed by atoms with Crippen LogP contribution in [0, 0.1) is 0 Å². The number of anilines is 2. The van der Waals surface area contributed by atoms with Crippen molar-refractivity contribution in [3.8, 4) is 0 Å². The summed E-state index contributed by atoms with van der Waals surface area (Å²) in [7, 11) is 0. The van der Waals surface area contributed by atoms with Crippen molar-refractivity contribution in [1.82, 2.24) is 0 Å². The van der Waals surface area contributed by atoms with Gasteiger partial charge in [-0.15, -0.1) is 0 Å². The summed E-state index contributed by atoms with van der Waals surface area (Å²) in [6.45, 7) is 2.96. The number of hydrazine groups is 1. The lowest BCUT2D eigenvalue weighted by molar-refractivity contribution is -0.237. The highest BCUT2D eigenvalue weighted by atomic mass is 19.4. The second kappa shape index (κ2) is 9.53. The molecule has 0 amide bonds. The first-order chi connectivity index (χ1) is 15.6. The average Bonchev–Trinajstić information content (AvgIpc) is 2.99. The third-order valence-corrected chi connectivity index (χ3v) is 4.82. The van der Waals surface area contributed by atoms with Crippen molar-refractivity contribution >= 4 is 23.3 Å². The molecule has 33 heavy (non-hydrogen) atoms. The average molecular weight is 464 g/mol. The molecule has 0 fully saturated rings. The fourth-order valence-corrected chi connectivity index (χ4v) is 3.44. The second-order valence-electron chi connectivity index (χ2n) is 7.27. The topological polar surface area (TPSA) is 79.3 Å². The third kappa shape index (κ3) is 4.95. The summed E-state index contributed by atoms with van der Waals surface area (Å²) in [5.41, 5.74) is 0.352. The number of rotatable bonds is 7. The molecular weight excluding hydrogens is 441 g/mol. The number of halogens is 3. The molecule has 0 bridgehead atoms. The molecule has 0 saturated heterocycles. The van der Waals surface area contributed by atoms with E-state index in [2.05, 4.69) is 0 Å². The van der Waals surface area contributed by atoms with E-state index in [4.69, 9.17) is 9.47 Å².